The zero-order chi connectivity index (χ0) is 20.3. The van der Waals surface area contributed by atoms with Crippen LogP contribution in [0.4, 0.5) is 0 Å². The third-order valence-electron chi connectivity index (χ3n) is 4.07. The second-order valence-electron chi connectivity index (χ2n) is 5.95. The summed E-state index contributed by atoms with van der Waals surface area (Å²) in [6, 6.07) is 6.60. The molecule has 0 aliphatic rings. The van der Waals surface area contributed by atoms with Crippen molar-refractivity contribution < 1.29 is 13.9 Å². The van der Waals surface area contributed by atoms with Gasteiger partial charge in [0.05, 0.1) is 21.8 Å². The summed E-state index contributed by atoms with van der Waals surface area (Å²) in [4.78, 5) is 12.3. The molecule has 3 rings (SSSR count). The Hall–Kier alpha value is -2.21. The van der Waals surface area contributed by atoms with E-state index in [1.807, 2.05) is 13.8 Å². The van der Waals surface area contributed by atoms with Crippen LogP contribution in [0.5, 0.6) is 5.75 Å². The van der Waals surface area contributed by atoms with E-state index >= 15 is 0 Å². The maximum Gasteiger partial charge on any atom is 0.189 e. The molecule has 0 N–H and O–H groups in total. The molecular formula is C20H17Cl3N2O3. The van der Waals surface area contributed by atoms with E-state index in [0.717, 1.165) is 5.69 Å². The van der Waals surface area contributed by atoms with Gasteiger partial charge in [-0.2, -0.15) is 5.10 Å². The fourth-order valence-electron chi connectivity index (χ4n) is 2.63. The average Bonchev–Trinajstić information content (AvgIpc) is 3.25. The van der Waals surface area contributed by atoms with Gasteiger partial charge in [-0.3, -0.25) is 9.48 Å². The van der Waals surface area contributed by atoms with Crippen molar-refractivity contribution in [1.82, 2.24) is 9.78 Å². The van der Waals surface area contributed by atoms with Gasteiger partial charge in [-0.25, -0.2) is 0 Å². The van der Waals surface area contributed by atoms with Crippen LogP contribution in [0.2, 0.25) is 15.1 Å². The summed E-state index contributed by atoms with van der Waals surface area (Å²) in [6.45, 7) is 4.69. The summed E-state index contributed by atoms with van der Waals surface area (Å²) in [7, 11) is 0. The lowest BCUT2D eigenvalue weighted by molar-refractivity contribution is 0.104. The summed E-state index contributed by atoms with van der Waals surface area (Å²) in [6.07, 6.45) is 4.64. The minimum atomic E-state index is -0.133. The zero-order valence-electron chi connectivity index (χ0n) is 15.2. The van der Waals surface area contributed by atoms with Crippen LogP contribution in [0, 0.1) is 6.92 Å². The Bertz CT molecular complexity index is 1010. The molecule has 2 aromatic heterocycles. The first-order valence-electron chi connectivity index (χ1n) is 8.50. The Morgan fingerprint density at radius 3 is 2.61 bits per heavy atom. The molecule has 146 valence electrons. The van der Waals surface area contributed by atoms with Crippen LogP contribution in [0.3, 0.4) is 0 Å². The van der Waals surface area contributed by atoms with Crippen LogP contribution in [0.25, 0.3) is 6.08 Å². The second kappa shape index (κ2) is 8.86. The number of carbonyl (C=O) groups excluding carboxylic acids is 1. The molecule has 0 radical (unpaired) electrons. The lowest BCUT2D eigenvalue weighted by atomic mass is 10.1. The van der Waals surface area contributed by atoms with Crippen molar-refractivity contribution in [2.75, 3.05) is 0 Å². The predicted octanol–water partition coefficient (Wildman–Crippen LogP) is 6.24. The molecule has 0 fully saturated rings. The highest BCUT2D eigenvalue weighted by Gasteiger charge is 2.12. The maximum absolute atomic E-state index is 12.3. The Balaban J connectivity index is 1.65. The van der Waals surface area contributed by atoms with Crippen molar-refractivity contribution in [3.05, 3.63) is 74.4 Å². The van der Waals surface area contributed by atoms with E-state index < -0.39 is 0 Å². The number of benzene rings is 1. The van der Waals surface area contributed by atoms with Gasteiger partial charge in [0, 0.05) is 17.3 Å². The molecule has 0 aliphatic heterocycles. The molecule has 0 aliphatic carbocycles. The number of hydrogen-bond donors (Lipinski definition) is 0. The van der Waals surface area contributed by atoms with Gasteiger partial charge >= 0.3 is 0 Å². The summed E-state index contributed by atoms with van der Waals surface area (Å²) in [5.74, 6) is 1.29. The molecular weight excluding hydrogens is 423 g/mol. The highest BCUT2D eigenvalue weighted by Crippen LogP contribution is 2.36. The van der Waals surface area contributed by atoms with Gasteiger partial charge in [0.2, 0.25) is 0 Å². The van der Waals surface area contributed by atoms with E-state index in [0.29, 0.717) is 44.4 Å². The quantitative estimate of drug-likeness (QED) is 0.323. The Labute approximate surface area is 177 Å². The molecule has 0 amide bonds. The lowest BCUT2D eigenvalue weighted by Gasteiger charge is -2.08. The van der Waals surface area contributed by atoms with Crippen molar-refractivity contribution in [1.29, 1.82) is 0 Å². The van der Waals surface area contributed by atoms with E-state index in [-0.39, 0.29) is 12.4 Å². The topological polar surface area (TPSA) is 57.3 Å². The van der Waals surface area contributed by atoms with Gasteiger partial charge < -0.3 is 9.15 Å². The van der Waals surface area contributed by atoms with Crippen LogP contribution in [-0.4, -0.2) is 15.6 Å². The van der Waals surface area contributed by atoms with Gasteiger partial charge in [-0.1, -0.05) is 34.8 Å². The smallest absolute Gasteiger partial charge is 0.189 e. The molecule has 0 atom stereocenters. The number of allylic oxidation sites excluding steroid dienone is 1. The molecule has 2 heterocycles. The van der Waals surface area contributed by atoms with Crippen LogP contribution in [-0.2, 0) is 13.2 Å². The highest BCUT2D eigenvalue weighted by atomic mass is 35.5. The number of furan rings is 1. The molecule has 0 spiro atoms. The summed E-state index contributed by atoms with van der Waals surface area (Å²) in [5, 5.41) is 5.24. The van der Waals surface area contributed by atoms with Crippen molar-refractivity contribution in [3.63, 3.8) is 0 Å². The van der Waals surface area contributed by atoms with E-state index in [4.69, 9.17) is 44.0 Å². The van der Waals surface area contributed by atoms with Crippen molar-refractivity contribution in [2.45, 2.75) is 27.0 Å². The molecule has 3 aromatic rings. The number of aromatic nitrogens is 2. The molecule has 0 bridgehead atoms. The second-order valence-corrected chi connectivity index (χ2v) is 7.20. The average molecular weight is 440 g/mol. The first-order valence-corrected chi connectivity index (χ1v) is 9.63. The third kappa shape index (κ3) is 4.61. The summed E-state index contributed by atoms with van der Waals surface area (Å²) >= 11 is 18.1. The van der Waals surface area contributed by atoms with Gasteiger partial charge in [-0.05, 0) is 50.3 Å². The van der Waals surface area contributed by atoms with Crippen LogP contribution >= 0.6 is 34.8 Å². The summed E-state index contributed by atoms with van der Waals surface area (Å²) in [5.41, 5.74) is 1.41. The van der Waals surface area contributed by atoms with Crippen molar-refractivity contribution >= 4 is 46.7 Å². The SMILES string of the molecule is CCn1ncc(C(=O)/C=C/c2ccc(COc3c(Cl)cc(Cl)cc3Cl)o2)c1C. The number of nitrogens with zero attached hydrogens (tertiary/aromatic N) is 2. The predicted molar refractivity (Wildman–Crippen MR) is 111 cm³/mol. The maximum atomic E-state index is 12.3. The molecule has 28 heavy (non-hydrogen) atoms. The lowest BCUT2D eigenvalue weighted by Crippen LogP contribution is -2.01. The van der Waals surface area contributed by atoms with Gasteiger partial charge in [-0.15, -0.1) is 0 Å². The first-order chi connectivity index (χ1) is 13.4. The number of carbonyl (C=O) groups is 1. The van der Waals surface area contributed by atoms with E-state index in [1.165, 1.54) is 6.08 Å². The molecule has 0 saturated carbocycles. The standard InChI is InChI=1S/C20H17Cl3N2O3/c1-3-25-12(2)16(10-24-25)19(26)7-6-14-4-5-15(28-14)11-27-20-17(22)8-13(21)9-18(20)23/h4-10H,3,11H2,1-2H3/b7-6+. The number of ketones is 1. The summed E-state index contributed by atoms with van der Waals surface area (Å²) < 4.78 is 13.1. The van der Waals surface area contributed by atoms with Gasteiger partial charge in [0.25, 0.3) is 0 Å². The fraction of sp³-hybridized carbons (Fsp3) is 0.200. The molecule has 0 saturated heterocycles. The Morgan fingerprint density at radius 2 is 1.96 bits per heavy atom. The Morgan fingerprint density at radius 1 is 1.25 bits per heavy atom. The molecule has 8 heteroatoms. The monoisotopic (exact) mass is 438 g/mol. The number of hydrogen-bond acceptors (Lipinski definition) is 4. The third-order valence-corrected chi connectivity index (χ3v) is 4.85. The van der Waals surface area contributed by atoms with E-state index in [1.54, 1.807) is 41.2 Å². The normalized spacial score (nSPS) is 11.3. The van der Waals surface area contributed by atoms with Crippen molar-refractivity contribution in [3.8, 4) is 5.75 Å². The Kier molecular flexibility index (Phi) is 6.50. The molecule has 5 nitrogen and oxygen atoms in total. The van der Waals surface area contributed by atoms with Crippen LogP contribution < -0.4 is 4.74 Å². The van der Waals surface area contributed by atoms with E-state index in [9.17, 15) is 4.79 Å². The van der Waals surface area contributed by atoms with E-state index in [2.05, 4.69) is 5.10 Å². The number of ether oxygens (including phenoxy) is 1. The molecule has 0 unspecified atom stereocenters. The first kappa shape index (κ1) is 20.5. The highest BCUT2D eigenvalue weighted by molar-refractivity contribution is 6.40. The van der Waals surface area contributed by atoms with Crippen molar-refractivity contribution in [2.24, 2.45) is 0 Å². The number of rotatable bonds is 7. The minimum Gasteiger partial charge on any atom is -0.483 e. The minimum absolute atomic E-state index is 0.130. The molecule has 1 aromatic carbocycles. The van der Waals surface area contributed by atoms with Gasteiger partial charge in [0.1, 0.15) is 18.1 Å². The number of halogens is 3. The zero-order valence-corrected chi connectivity index (χ0v) is 17.5. The fourth-order valence-corrected chi connectivity index (χ4v) is 3.55. The van der Waals surface area contributed by atoms with Crippen LogP contribution in [0.1, 0.15) is 34.5 Å². The number of aryl methyl sites for hydroxylation is 1. The largest absolute Gasteiger partial charge is 0.483 e. The van der Waals surface area contributed by atoms with Crippen LogP contribution in [0.15, 0.2) is 41.0 Å². The van der Waals surface area contributed by atoms with Gasteiger partial charge in [0.15, 0.2) is 11.5 Å².